The second kappa shape index (κ2) is 8.95. The van der Waals surface area contributed by atoms with E-state index in [1.54, 1.807) is 38.5 Å². The van der Waals surface area contributed by atoms with Crippen LogP contribution in [0.3, 0.4) is 0 Å². The van der Waals surface area contributed by atoms with Gasteiger partial charge >= 0.3 is 0 Å². The van der Waals surface area contributed by atoms with Crippen molar-refractivity contribution in [2.24, 2.45) is 0 Å². The molecule has 2 heterocycles. The lowest BCUT2D eigenvalue weighted by molar-refractivity contribution is -0.143. The Balaban J connectivity index is 1.89. The van der Waals surface area contributed by atoms with Crippen molar-refractivity contribution in [1.29, 1.82) is 0 Å². The third-order valence-corrected chi connectivity index (χ3v) is 6.24. The van der Waals surface area contributed by atoms with E-state index >= 15 is 0 Å². The monoisotopic (exact) mass is 402 g/mol. The lowest BCUT2D eigenvalue weighted by atomic mass is 9.75. The third-order valence-electron chi connectivity index (χ3n) is 6.24. The number of carbonyl (C=O) groups excluding carboxylic acids is 3. The molecule has 2 saturated heterocycles. The topological polar surface area (TPSA) is 76.2 Å². The molecule has 7 heteroatoms. The van der Waals surface area contributed by atoms with Gasteiger partial charge in [-0.1, -0.05) is 12.1 Å². The second-order valence-corrected chi connectivity index (χ2v) is 7.94. The van der Waals surface area contributed by atoms with Crippen molar-refractivity contribution >= 4 is 17.7 Å². The summed E-state index contributed by atoms with van der Waals surface area (Å²) < 4.78 is 10.4. The molecule has 1 aromatic rings. The van der Waals surface area contributed by atoms with Crippen molar-refractivity contribution < 1.29 is 23.9 Å². The van der Waals surface area contributed by atoms with Crippen molar-refractivity contribution in [2.45, 2.75) is 50.0 Å². The number of rotatable bonds is 7. The molecule has 0 unspecified atom stereocenters. The van der Waals surface area contributed by atoms with Crippen LogP contribution < -0.4 is 4.74 Å². The van der Waals surface area contributed by atoms with E-state index in [-0.39, 0.29) is 36.6 Å². The molecule has 7 nitrogen and oxygen atoms in total. The summed E-state index contributed by atoms with van der Waals surface area (Å²) in [6, 6.07) is 7.22. The molecule has 0 bridgehead atoms. The Hall–Kier alpha value is -2.41. The molecule has 0 aromatic heterocycles. The first-order valence-corrected chi connectivity index (χ1v) is 10.2. The fourth-order valence-electron chi connectivity index (χ4n) is 4.51. The van der Waals surface area contributed by atoms with E-state index < -0.39 is 5.41 Å². The van der Waals surface area contributed by atoms with Gasteiger partial charge in [0.15, 0.2) is 0 Å². The van der Waals surface area contributed by atoms with Crippen LogP contribution in [0.25, 0.3) is 0 Å². The average molecular weight is 402 g/mol. The van der Waals surface area contributed by atoms with Crippen LogP contribution in [0, 0.1) is 0 Å². The van der Waals surface area contributed by atoms with Gasteiger partial charge in [-0.15, -0.1) is 0 Å². The minimum absolute atomic E-state index is 0.00226. The fraction of sp³-hybridized carbons (Fsp3) is 0.591. The van der Waals surface area contributed by atoms with E-state index in [0.29, 0.717) is 24.5 Å². The van der Waals surface area contributed by atoms with Gasteiger partial charge in [0.2, 0.25) is 17.7 Å². The summed E-state index contributed by atoms with van der Waals surface area (Å²) in [5.74, 6) is 0.0220. The van der Waals surface area contributed by atoms with Crippen molar-refractivity contribution in [1.82, 2.24) is 9.80 Å². The Labute approximate surface area is 171 Å². The van der Waals surface area contributed by atoms with Gasteiger partial charge in [-0.05, 0) is 43.4 Å². The van der Waals surface area contributed by atoms with Crippen LogP contribution in [0.1, 0.15) is 44.1 Å². The Morgan fingerprint density at radius 3 is 2.48 bits per heavy atom. The molecule has 2 atom stereocenters. The Kier molecular flexibility index (Phi) is 6.57. The van der Waals surface area contributed by atoms with Gasteiger partial charge in [0.05, 0.1) is 12.5 Å². The molecule has 2 aliphatic heterocycles. The molecule has 0 aliphatic carbocycles. The van der Waals surface area contributed by atoms with Crippen LogP contribution in [0.4, 0.5) is 0 Å². The number of methoxy groups -OCH3 is 2. The maximum atomic E-state index is 13.4. The summed E-state index contributed by atoms with van der Waals surface area (Å²) >= 11 is 0. The number of carbonyl (C=O) groups is 3. The molecule has 2 fully saturated rings. The molecular weight excluding hydrogens is 372 g/mol. The van der Waals surface area contributed by atoms with E-state index in [0.717, 1.165) is 30.6 Å². The van der Waals surface area contributed by atoms with Crippen molar-refractivity contribution in [3.8, 4) is 5.75 Å². The second-order valence-electron chi connectivity index (χ2n) is 7.94. The Bertz CT molecular complexity index is 763. The molecule has 1 aromatic carbocycles. The number of hydrogen-bond donors (Lipinski definition) is 0. The van der Waals surface area contributed by atoms with Crippen LogP contribution in [-0.2, 0) is 24.5 Å². The highest BCUT2D eigenvalue weighted by atomic mass is 16.5. The fourth-order valence-corrected chi connectivity index (χ4v) is 4.51. The number of imide groups is 1. The van der Waals surface area contributed by atoms with Crippen LogP contribution >= 0.6 is 0 Å². The molecular formula is C22H30N2O5. The molecule has 29 heavy (non-hydrogen) atoms. The number of likely N-dealkylation sites (N-methyl/N-ethyl adjacent to an activating group) is 1. The maximum Gasteiger partial charge on any atom is 0.240 e. The third kappa shape index (κ3) is 4.15. The predicted octanol–water partition coefficient (Wildman–Crippen LogP) is 2.13. The summed E-state index contributed by atoms with van der Waals surface area (Å²) in [6.45, 7) is 1.28. The van der Waals surface area contributed by atoms with Crippen molar-refractivity contribution in [3.63, 3.8) is 0 Å². The summed E-state index contributed by atoms with van der Waals surface area (Å²) in [5.41, 5.74) is -0.474. The lowest BCUT2D eigenvalue weighted by Crippen LogP contribution is -2.48. The van der Waals surface area contributed by atoms with Gasteiger partial charge in [-0.25, -0.2) is 0 Å². The van der Waals surface area contributed by atoms with Crippen LogP contribution in [0.15, 0.2) is 24.3 Å². The van der Waals surface area contributed by atoms with Crippen molar-refractivity contribution in [3.05, 3.63) is 29.8 Å². The van der Waals surface area contributed by atoms with Crippen LogP contribution in [0.2, 0.25) is 0 Å². The minimum Gasteiger partial charge on any atom is -0.497 e. The van der Waals surface area contributed by atoms with Crippen molar-refractivity contribution in [2.75, 3.05) is 34.4 Å². The van der Waals surface area contributed by atoms with Gasteiger partial charge in [0.1, 0.15) is 5.75 Å². The predicted molar refractivity (Wildman–Crippen MR) is 108 cm³/mol. The highest BCUT2D eigenvalue weighted by Crippen LogP contribution is 2.41. The molecule has 0 saturated carbocycles. The number of piperidine rings is 1. The van der Waals surface area contributed by atoms with E-state index in [2.05, 4.69) is 0 Å². The van der Waals surface area contributed by atoms with Crippen LogP contribution in [0.5, 0.6) is 5.75 Å². The number of nitrogens with zero attached hydrogens (tertiary/aromatic N) is 2. The summed E-state index contributed by atoms with van der Waals surface area (Å²) in [4.78, 5) is 42.0. The maximum absolute atomic E-state index is 13.4. The van der Waals surface area contributed by atoms with E-state index in [9.17, 15) is 14.4 Å². The zero-order valence-electron chi connectivity index (χ0n) is 17.5. The summed E-state index contributed by atoms with van der Waals surface area (Å²) in [6.07, 6.45) is 3.77. The van der Waals surface area contributed by atoms with Gasteiger partial charge in [-0.3, -0.25) is 19.3 Å². The summed E-state index contributed by atoms with van der Waals surface area (Å²) in [7, 11) is 4.72. The van der Waals surface area contributed by atoms with Gasteiger partial charge in [0.25, 0.3) is 0 Å². The quantitative estimate of drug-likeness (QED) is 0.653. The Morgan fingerprint density at radius 1 is 1.17 bits per heavy atom. The molecule has 3 rings (SSSR count). The average Bonchev–Trinajstić information content (AvgIpc) is 2.96. The molecule has 158 valence electrons. The number of hydrogen-bond acceptors (Lipinski definition) is 5. The Morgan fingerprint density at radius 2 is 1.90 bits per heavy atom. The normalized spacial score (nSPS) is 24.9. The van der Waals surface area contributed by atoms with Gasteiger partial charge < -0.3 is 14.4 Å². The largest absolute Gasteiger partial charge is 0.497 e. The first-order chi connectivity index (χ1) is 13.9. The van der Waals surface area contributed by atoms with E-state index in [4.69, 9.17) is 9.47 Å². The highest BCUT2D eigenvalue weighted by Gasteiger charge is 2.53. The number of benzene rings is 1. The number of amides is 3. The lowest BCUT2D eigenvalue weighted by Gasteiger charge is -2.38. The van der Waals surface area contributed by atoms with Gasteiger partial charge in [-0.2, -0.15) is 0 Å². The minimum atomic E-state index is -1.15. The first-order valence-electron chi connectivity index (χ1n) is 10.2. The zero-order valence-corrected chi connectivity index (χ0v) is 17.5. The van der Waals surface area contributed by atoms with Crippen LogP contribution in [-0.4, -0.2) is 68.0 Å². The number of ether oxygens (including phenoxy) is 2. The molecule has 3 amide bonds. The molecule has 0 radical (unpaired) electrons. The SMILES string of the molecule is COCC[C@H]1CCCCN1C(=O)C[C@@]1(c2ccc(OC)cc2)CC(=O)N(C)C1=O. The van der Waals surface area contributed by atoms with E-state index in [1.807, 2.05) is 4.90 Å². The standard InChI is InChI=1S/C22H30N2O5/c1-23-19(25)14-22(21(23)27,16-7-9-18(29-3)10-8-16)15-20(26)24-12-5-4-6-17(24)11-13-28-2/h7-10,17H,4-6,11-15H2,1-3H3/t17-,22-/m1/s1. The molecule has 0 spiro atoms. The molecule has 0 N–H and O–H groups in total. The smallest absolute Gasteiger partial charge is 0.240 e. The first kappa shape index (κ1) is 21.3. The zero-order chi connectivity index (χ0) is 21.0. The van der Waals surface area contributed by atoms with Gasteiger partial charge in [0, 0.05) is 46.2 Å². The highest BCUT2D eigenvalue weighted by molar-refractivity contribution is 6.10. The molecule has 2 aliphatic rings. The van der Waals surface area contributed by atoms with E-state index in [1.165, 1.54) is 7.05 Å². The number of likely N-dealkylation sites (tertiary alicyclic amines) is 2. The summed E-state index contributed by atoms with van der Waals surface area (Å²) in [5, 5.41) is 0.